The Morgan fingerprint density at radius 3 is 2.55 bits per heavy atom. The van der Waals surface area contributed by atoms with Crippen LogP contribution in [0, 0.1) is 13.8 Å². The fraction of sp³-hybridized carbons (Fsp3) is 0.429. The Bertz CT molecular complexity index is 1430. The summed E-state index contributed by atoms with van der Waals surface area (Å²) in [6.45, 7) is 7.23. The number of ether oxygens (including phenoxy) is 2. The van der Waals surface area contributed by atoms with Gasteiger partial charge in [-0.2, -0.15) is 5.10 Å². The molecule has 2 aromatic heterocycles. The lowest BCUT2D eigenvalue weighted by Crippen LogP contribution is -2.31. The molecule has 0 saturated heterocycles. The molecule has 212 valence electrons. The molecule has 0 spiro atoms. The number of benzene rings is 1. The van der Waals surface area contributed by atoms with Crippen molar-refractivity contribution in [2.45, 2.75) is 65.8 Å². The molecule has 1 aromatic carbocycles. The Balaban J connectivity index is 1.78. The molecule has 2 N–H and O–H groups in total. The van der Waals surface area contributed by atoms with Crippen molar-refractivity contribution in [2.75, 3.05) is 18.2 Å². The summed E-state index contributed by atoms with van der Waals surface area (Å²) in [4.78, 5) is 56.7. The lowest BCUT2D eigenvalue weighted by molar-refractivity contribution is -0.151. The van der Waals surface area contributed by atoms with E-state index in [0.29, 0.717) is 46.4 Å². The number of esters is 1. The Hall–Kier alpha value is -4.48. The van der Waals surface area contributed by atoms with Crippen LogP contribution in [0.5, 0.6) is 0 Å². The van der Waals surface area contributed by atoms with Crippen LogP contribution in [0.15, 0.2) is 30.7 Å². The van der Waals surface area contributed by atoms with Gasteiger partial charge in [-0.15, -0.1) is 0 Å². The molecule has 1 saturated carbocycles. The fourth-order valence-corrected chi connectivity index (χ4v) is 4.14. The van der Waals surface area contributed by atoms with E-state index in [-0.39, 0.29) is 30.1 Å². The molecular weight excluding hydrogens is 516 g/mol. The summed E-state index contributed by atoms with van der Waals surface area (Å²) in [7, 11) is 0. The molecule has 12 heteroatoms. The van der Waals surface area contributed by atoms with Crippen LogP contribution >= 0.6 is 0 Å². The van der Waals surface area contributed by atoms with Crippen LogP contribution in [-0.2, 0) is 14.3 Å². The van der Waals surface area contributed by atoms with Crippen molar-refractivity contribution in [1.82, 2.24) is 25.2 Å². The number of nitrogens with zero attached hydrogens (tertiary/aromatic N) is 4. The van der Waals surface area contributed by atoms with E-state index in [9.17, 15) is 19.2 Å². The second-order valence-electron chi connectivity index (χ2n) is 9.68. The van der Waals surface area contributed by atoms with Gasteiger partial charge in [0.1, 0.15) is 11.8 Å². The number of carbonyl (C=O) groups excluding carboxylic acids is 4. The molecule has 12 nitrogen and oxygen atoms in total. The number of aryl methyl sites for hydroxylation is 2. The number of carbonyl (C=O) groups is 4. The standard InChI is InChI=1S/C28H34N6O6/c1-5-7-23(35)39-16-40-28(38)34(22-13-19(9-8-17(22)3)26(36)32-20-10-11-20)25-24-18(4)21(27(37)29-12-6-2)14-33(24)31-15-30-25/h8-9,13-15,20H,5-7,10-12,16H2,1-4H3,(H,29,37)(H,32,36). The maximum absolute atomic E-state index is 13.6. The molecule has 0 unspecified atom stereocenters. The number of aromatic nitrogens is 3. The van der Waals surface area contributed by atoms with Crippen molar-refractivity contribution in [3.05, 3.63) is 53.0 Å². The molecule has 0 aliphatic heterocycles. The molecule has 40 heavy (non-hydrogen) atoms. The third-order valence-corrected chi connectivity index (χ3v) is 6.46. The summed E-state index contributed by atoms with van der Waals surface area (Å²) in [6, 6.07) is 5.15. The Labute approximate surface area is 232 Å². The van der Waals surface area contributed by atoms with Gasteiger partial charge in [-0.05, 0) is 62.8 Å². The van der Waals surface area contributed by atoms with Crippen molar-refractivity contribution in [3.63, 3.8) is 0 Å². The molecule has 0 bridgehead atoms. The average Bonchev–Trinajstić information content (AvgIpc) is 3.68. The highest BCUT2D eigenvalue weighted by atomic mass is 16.7. The number of nitrogens with one attached hydrogen (secondary N) is 2. The molecule has 1 aliphatic carbocycles. The average molecular weight is 551 g/mol. The first kappa shape index (κ1) is 28.5. The topological polar surface area (TPSA) is 144 Å². The predicted molar refractivity (Wildman–Crippen MR) is 147 cm³/mol. The van der Waals surface area contributed by atoms with Crippen LogP contribution in [0.1, 0.15) is 77.8 Å². The van der Waals surface area contributed by atoms with Crippen LogP contribution in [0.25, 0.3) is 5.52 Å². The third-order valence-electron chi connectivity index (χ3n) is 6.46. The number of hydrogen-bond acceptors (Lipinski definition) is 8. The zero-order valence-electron chi connectivity index (χ0n) is 23.2. The first-order valence-electron chi connectivity index (χ1n) is 13.4. The lowest BCUT2D eigenvalue weighted by atomic mass is 10.1. The Morgan fingerprint density at radius 1 is 1.07 bits per heavy atom. The fourth-order valence-electron chi connectivity index (χ4n) is 4.14. The van der Waals surface area contributed by atoms with Gasteiger partial charge in [-0.1, -0.05) is 19.9 Å². The van der Waals surface area contributed by atoms with E-state index in [0.717, 1.165) is 19.3 Å². The van der Waals surface area contributed by atoms with E-state index < -0.39 is 18.9 Å². The van der Waals surface area contributed by atoms with Crippen molar-refractivity contribution in [1.29, 1.82) is 0 Å². The van der Waals surface area contributed by atoms with E-state index in [1.54, 1.807) is 38.2 Å². The van der Waals surface area contributed by atoms with E-state index in [1.807, 2.05) is 13.8 Å². The van der Waals surface area contributed by atoms with Gasteiger partial charge in [0.15, 0.2) is 5.82 Å². The molecule has 2 heterocycles. The smallest absolute Gasteiger partial charge is 0.423 e. The van der Waals surface area contributed by atoms with Gasteiger partial charge in [0.05, 0.1) is 11.3 Å². The van der Waals surface area contributed by atoms with Crippen molar-refractivity contribution in [2.24, 2.45) is 0 Å². The minimum Gasteiger partial charge on any atom is -0.428 e. The van der Waals surface area contributed by atoms with Gasteiger partial charge < -0.3 is 20.1 Å². The number of rotatable bonds is 11. The SMILES string of the molecule is CCCNC(=O)c1cn2ncnc(N(C(=O)OCOC(=O)CCC)c3cc(C(=O)NC4CC4)ccc3C)c2c1C. The van der Waals surface area contributed by atoms with E-state index in [1.165, 1.54) is 15.7 Å². The highest BCUT2D eigenvalue weighted by molar-refractivity contribution is 6.05. The maximum Gasteiger partial charge on any atom is 0.423 e. The van der Waals surface area contributed by atoms with Gasteiger partial charge >= 0.3 is 12.1 Å². The second kappa shape index (κ2) is 12.6. The normalized spacial score (nSPS) is 12.6. The summed E-state index contributed by atoms with van der Waals surface area (Å²) in [5.41, 5.74) is 2.69. The summed E-state index contributed by atoms with van der Waals surface area (Å²) in [5, 5.41) is 10.1. The molecule has 1 fully saturated rings. The number of fused-ring (bicyclic) bond motifs is 1. The minimum atomic E-state index is -0.884. The van der Waals surface area contributed by atoms with Gasteiger partial charge in [-0.3, -0.25) is 14.4 Å². The summed E-state index contributed by atoms with van der Waals surface area (Å²) < 4.78 is 11.9. The molecule has 0 radical (unpaired) electrons. The van der Waals surface area contributed by atoms with E-state index in [2.05, 4.69) is 20.7 Å². The molecule has 3 aromatic rings. The van der Waals surface area contributed by atoms with Crippen LogP contribution in [-0.4, -0.2) is 57.9 Å². The van der Waals surface area contributed by atoms with Gasteiger partial charge in [0, 0.05) is 30.8 Å². The lowest BCUT2D eigenvalue weighted by Gasteiger charge is -2.24. The maximum atomic E-state index is 13.6. The van der Waals surface area contributed by atoms with E-state index in [4.69, 9.17) is 9.47 Å². The van der Waals surface area contributed by atoms with Gasteiger partial charge in [-0.25, -0.2) is 19.2 Å². The minimum absolute atomic E-state index is 0.134. The van der Waals surface area contributed by atoms with Gasteiger partial charge in [0.25, 0.3) is 11.8 Å². The zero-order valence-corrected chi connectivity index (χ0v) is 23.2. The van der Waals surface area contributed by atoms with Crippen LogP contribution in [0.2, 0.25) is 0 Å². The Morgan fingerprint density at radius 2 is 1.85 bits per heavy atom. The van der Waals surface area contributed by atoms with Crippen molar-refractivity contribution in [3.8, 4) is 0 Å². The first-order chi connectivity index (χ1) is 19.2. The molecular formula is C28H34N6O6. The first-order valence-corrected chi connectivity index (χ1v) is 13.4. The van der Waals surface area contributed by atoms with Crippen LogP contribution in [0.4, 0.5) is 16.3 Å². The third kappa shape index (κ3) is 6.38. The highest BCUT2D eigenvalue weighted by Crippen LogP contribution is 2.34. The summed E-state index contributed by atoms with van der Waals surface area (Å²) in [5.74, 6) is -0.893. The Kier molecular flexibility index (Phi) is 8.97. The molecule has 0 atom stereocenters. The number of amides is 3. The largest absolute Gasteiger partial charge is 0.428 e. The zero-order chi connectivity index (χ0) is 28.8. The number of hydrogen-bond donors (Lipinski definition) is 2. The van der Waals surface area contributed by atoms with Gasteiger partial charge in [0.2, 0.25) is 6.79 Å². The van der Waals surface area contributed by atoms with Crippen LogP contribution in [0.3, 0.4) is 0 Å². The van der Waals surface area contributed by atoms with Crippen LogP contribution < -0.4 is 15.5 Å². The second-order valence-corrected chi connectivity index (χ2v) is 9.68. The molecule has 3 amide bonds. The van der Waals surface area contributed by atoms with Crippen molar-refractivity contribution >= 4 is 40.9 Å². The highest BCUT2D eigenvalue weighted by Gasteiger charge is 2.30. The predicted octanol–water partition coefficient (Wildman–Crippen LogP) is 3.95. The molecule has 1 aliphatic rings. The monoisotopic (exact) mass is 550 g/mol. The van der Waals surface area contributed by atoms with Crippen molar-refractivity contribution < 1.29 is 28.7 Å². The molecule has 4 rings (SSSR count). The number of anilines is 2. The quantitative estimate of drug-likeness (QED) is 0.270. The summed E-state index contributed by atoms with van der Waals surface area (Å²) >= 11 is 0. The summed E-state index contributed by atoms with van der Waals surface area (Å²) in [6.07, 6.45) is 5.37. The van der Waals surface area contributed by atoms with E-state index >= 15 is 0 Å².